The van der Waals surface area contributed by atoms with Crippen LogP contribution >= 0.6 is 0 Å². The summed E-state index contributed by atoms with van der Waals surface area (Å²) in [5.74, 6) is 0. The Morgan fingerprint density at radius 3 is 1.69 bits per heavy atom. The van der Waals surface area contributed by atoms with Gasteiger partial charge in [0.05, 0.1) is 0 Å². The van der Waals surface area contributed by atoms with E-state index < -0.39 is 0 Å². The van der Waals surface area contributed by atoms with E-state index in [1.165, 1.54) is 56.9 Å². The number of rotatable bonds is 1. The molecule has 1 aliphatic rings. The van der Waals surface area contributed by atoms with Crippen molar-refractivity contribution in [3.63, 3.8) is 0 Å². The summed E-state index contributed by atoms with van der Waals surface area (Å²) >= 11 is 0. The fourth-order valence-electron chi connectivity index (χ4n) is 2.29. The SMILES string of the molecule is C=C(C)C1(C)CCCCCCCC1. The smallest absolute Gasteiger partial charge is 0.0122 e. The maximum absolute atomic E-state index is 4.15. The first-order valence-corrected chi connectivity index (χ1v) is 5.81. The summed E-state index contributed by atoms with van der Waals surface area (Å²) in [7, 11) is 0. The molecule has 0 spiro atoms. The van der Waals surface area contributed by atoms with Gasteiger partial charge in [-0.2, -0.15) is 0 Å². The van der Waals surface area contributed by atoms with Crippen LogP contribution in [0.4, 0.5) is 0 Å². The summed E-state index contributed by atoms with van der Waals surface area (Å²) in [5, 5.41) is 0. The van der Waals surface area contributed by atoms with E-state index in [2.05, 4.69) is 20.4 Å². The highest BCUT2D eigenvalue weighted by Crippen LogP contribution is 2.38. The molecule has 0 amide bonds. The Hall–Kier alpha value is -0.260. The topological polar surface area (TPSA) is 0 Å². The molecule has 1 rings (SSSR count). The van der Waals surface area contributed by atoms with Gasteiger partial charge in [0.15, 0.2) is 0 Å². The second kappa shape index (κ2) is 4.83. The lowest BCUT2D eigenvalue weighted by Gasteiger charge is -2.30. The average Bonchev–Trinajstić information content (AvgIpc) is 2.18. The molecule has 76 valence electrons. The zero-order chi connectivity index (χ0) is 9.73. The lowest BCUT2D eigenvalue weighted by Crippen LogP contribution is -2.17. The van der Waals surface area contributed by atoms with Crippen molar-refractivity contribution in [2.24, 2.45) is 5.41 Å². The number of hydrogen-bond acceptors (Lipinski definition) is 0. The van der Waals surface area contributed by atoms with Crippen LogP contribution in [0.2, 0.25) is 0 Å². The van der Waals surface area contributed by atoms with Gasteiger partial charge < -0.3 is 0 Å². The molecule has 0 aromatic rings. The van der Waals surface area contributed by atoms with E-state index in [9.17, 15) is 0 Å². The van der Waals surface area contributed by atoms with Crippen LogP contribution in [0.25, 0.3) is 0 Å². The lowest BCUT2D eigenvalue weighted by atomic mass is 9.75. The fraction of sp³-hybridized carbons (Fsp3) is 0.846. The molecule has 0 bridgehead atoms. The molecule has 0 unspecified atom stereocenters. The first-order valence-electron chi connectivity index (χ1n) is 5.81. The third-order valence-corrected chi connectivity index (χ3v) is 3.74. The summed E-state index contributed by atoms with van der Waals surface area (Å²) in [6.07, 6.45) is 11.3. The molecule has 0 aromatic carbocycles. The second-order valence-electron chi connectivity index (χ2n) is 4.96. The minimum absolute atomic E-state index is 0.449. The Labute approximate surface area is 83.4 Å². The van der Waals surface area contributed by atoms with Crippen molar-refractivity contribution in [2.75, 3.05) is 0 Å². The Kier molecular flexibility index (Phi) is 4.02. The van der Waals surface area contributed by atoms with Gasteiger partial charge in [-0.15, -0.1) is 0 Å². The maximum atomic E-state index is 4.15. The van der Waals surface area contributed by atoms with E-state index in [1.54, 1.807) is 0 Å². The lowest BCUT2D eigenvalue weighted by molar-refractivity contribution is 0.321. The van der Waals surface area contributed by atoms with Gasteiger partial charge in [0, 0.05) is 0 Å². The molecule has 0 nitrogen and oxygen atoms in total. The molecule has 1 saturated carbocycles. The van der Waals surface area contributed by atoms with Gasteiger partial charge in [0.25, 0.3) is 0 Å². The van der Waals surface area contributed by atoms with Crippen LogP contribution in [-0.4, -0.2) is 0 Å². The van der Waals surface area contributed by atoms with Gasteiger partial charge >= 0.3 is 0 Å². The van der Waals surface area contributed by atoms with Gasteiger partial charge in [0.1, 0.15) is 0 Å². The molecule has 0 heteroatoms. The minimum atomic E-state index is 0.449. The predicted molar refractivity (Wildman–Crippen MR) is 59.9 cm³/mol. The van der Waals surface area contributed by atoms with Crippen LogP contribution in [0.1, 0.15) is 65.2 Å². The molecule has 0 aliphatic heterocycles. The summed E-state index contributed by atoms with van der Waals surface area (Å²) in [5.41, 5.74) is 1.85. The van der Waals surface area contributed by atoms with Gasteiger partial charge in [-0.05, 0) is 25.2 Å². The largest absolute Gasteiger partial charge is 0.0996 e. The minimum Gasteiger partial charge on any atom is -0.0996 e. The normalized spacial score (nSPS) is 24.2. The van der Waals surface area contributed by atoms with Crippen LogP contribution in [-0.2, 0) is 0 Å². The Bertz CT molecular complexity index is 157. The standard InChI is InChI=1S/C13H24/c1-12(2)13(3)10-8-6-4-5-7-9-11-13/h1,4-11H2,2-3H3. The molecule has 0 saturated heterocycles. The Balaban J connectivity index is 2.54. The molecule has 1 fully saturated rings. The van der Waals surface area contributed by atoms with Crippen molar-refractivity contribution >= 4 is 0 Å². The van der Waals surface area contributed by atoms with Crippen LogP contribution in [0.5, 0.6) is 0 Å². The fourth-order valence-corrected chi connectivity index (χ4v) is 2.29. The molecule has 0 radical (unpaired) electrons. The molecule has 1 aliphatic carbocycles. The summed E-state index contributed by atoms with van der Waals surface area (Å²) < 4.78 is 0. The summed E-state index contributed by atoms with van der Waals surface area (Å²) in [4.78, 5) is 0. The van der Waals surface area contributed by atoms with Crippen molar-refractivity contribution < 1.29 is 0 Å². The third kappa shape index (κ3) is 3.17. The second-order valence-corrected chi connectivity index (χ2v) is 4.96. The highest BCUT2D eigenvalue weighted by atomic mass is 14.3. The van der Waals surface area contributed by atoms with E-state index >= 15 is 0 Å². The highest BCUT2D eigenvalue weighted by molar-refractivity contribution is 5.05. The quantitative estimate of drug-likeness (QED) is 0.513. The predicted octanol–water partition coefficient (Wildman–Crippen LogP) is 4.70. The monoisotopic (exact) mass is 180 g/mol. The first kappa shape index (κ1) is 10.8. The van der Waals surface area contributed by atoms with Crippen molar-refractivity contribution in [1.29, 1.82) is 0 Å². The molecular formula is C13H24. The van der Waals surface area contributed by atoms with Crippen LogP contribution < -0.4 is 0 Å². The number of hydrogen-bond donors (Lipinski definition) is 0. The third-order valence-electron chi connectivity index (χ3n) is 3.74. The van der Waals surface area contributed by atoms with Gasteiger partial charge in [-0.3, -0.25) is 0 Å². The van der Waals surface area contributed by atoms with Crippen LogP contribution in [0, 0.1) is 5.41 Å². The maximum Gasteiger partial charge on any atom is -0.0122 e. The zero-order valence-corrected chi connectivity index (χ0v) is 9.36. The van der Waals surface area contributed by atoms with Crippen molar-refractivity contribution in [3.8, 4) is 0 Å². The zero-order valence-electron chi connectivity index (χ0n) is 9.36. The van der Waals surface area contributed by atoms with Crippen molar-refractivity contribution in [3.05, 3.63) is 12.2 Å². The molecule has 0 aromatic heterocycles. The molecule has 0 N–H and O–H groups in total. The summed E-state index contributed by atoms with van der Waals surface area (Å²) in [6.45, 7) is 8.76. The van der Waals surface area contributed by atoms with Crippen LogP contribution in [0.3, 0.4) is 0 Å². The van der Waals surface area contributed by atoms with Gasteiger partial charge in [-0.1, -0.05) is 57.6 Å². The van der Waals surface area contributed by atoms with E-state index in [4.69, 9.17) is 0 Å². The van der Waals surface area contributed by atoms with E-state index in [0.717, 1.165) is 0 Å². The Morgan fingerprint density at radius 2 is 1.31 bits per heavy atom. The van der Waals surface area contributed by atoms with E-state index in [-0.39, 0.29) is 0 Å². The van der Waals surface area contributed by atoms with Crippen molar-refractivity contribution in [1.82, 2.24) is 0 Å². The van der Waals surface area contributed by atoms with Crippen LogP contribution in [0.15, 0.2) is 12.2 Å². The molecular weight excluding hydrogens is 156 g/mol. The van der Waals surface area contributed by atoms with Gasteiger partial charge in [-0.25, -0.2) is 0 Å². The summed E-state index contributed by atoms with van der Waals surface area (Å²) in [6, 6.07) is 0. The van der Waals surface area contributed by atoms with E-state index in [0.29, 0.717) is 5.41 Å². The highest BCUT2D eigenvalue weighted by Gasteiger charge is 2.24. The molecule has 13 heavy (non-hydrogen) atoms. The van der Waals surface area contributed by atoms with Crippen molar-refractivity contribution in [2.45, 2.75) is 65.2 Å². The molecule has 0 heterocycles. The average molecular weight is 180 g/mol. The number of allylic oxidation sites excluding steroid dienone is 1. The molecule has 0 atom stereocenters. The van der Waals surface area contributed by atoms with Gasteiger partial charge in [0.2, 0.25) is 0 Å². The Morgan fingerprint density at radius 1 is 0.923 bits per heavy atom. The van der Waals surface area contributed by atoms with E-state index in [1.807, 2.05) is 0 Å². The first-order chi connectivity index (χ1) is 6.15.